The third kappa shape index (κ3) is 7.13. The van der Waals surface area contributed by atoms with Gasteiger partial charge in [0.1, 0.15) is 18.3 Å². The van der Waals surface area contributed by atoms with Gasteiger partial charge < -0.3 is 59.1 Å². The molecule has 0 radical (unpaired) electrons. The third-order valence-corrected chi connectivity index (χ3v) is 27.0. The lowest BCUT2D eigenvalue weighted by molar-refractivity contribution is -0.209. The highest BCUT2D eigenvalue weighted by Gasteiger charge is 2.76. The highest BCUT2D eigenvalue weighted by atomic mass is 16.6. The fourth-order valence-corrected chi connectivity index (χ4v) is 22.2. The summed E-state index contributed by atoms with van der Waals surface area (Å²) >= 11 is 0. The lowest BCUT2D eigenvalue weighted by atomic mass is 9.48. The zero-order valence-corrected chi connectivity index (χ0v) is 50.9. The van der Waals surface area contributed by atoms with E-state index in [1.807, 2.05) is 18.2 Å². The van der Waals surface area contributed by atoms with Crippen molar-refractivity contribution in [1.82, 2.24) is 14.7 Å². The van der Waals surface area contributed by atoms with Crippen LogP contribution in [0.1, 0.15) is 180 Å². The quantitative estimate of drug-likeness (QED) is 0.0675. The molecule has 0 aromatic heterocycles. The maximum absolute atomic E-state index is 15.1. The molecule has 4 aromatic carbocycles. The first-order chi connectivity index (χ1) is 43.5. The second-order valence-electron chi connectivity index (χ2n) is 30.7. The van der Waals surface area contributed by atoms with Gasteiger partial charge in [0.05, 0.1) is 68.1 Å². The van der Waals surface area contributed by atoms with E-state index in [9.17, 15) is 30.6 Å². The highest BCUT2D eigenvalue weighted by molar-refractivity contribution is 6.02. The summed E-state index contributed by atoms with van der Waals surface area (Å²) < 4.78 is 39.5. The Labute approximate surface area is 522 Å². The summed E-state index contributed by atoms with van der Waals surface area (Å²) in [7, 11) is 0. The van der Waals surface area contributed by atoms with Crippen LogP contribution in [0.5, 0.6) is 34.5 Å². The highest BCUT2D eigenvalue weighted by Crippen LogP contribution is 2.69. The van der Waals surface area contributed by atoms with Crippen molar-refractivity contribution in [2.75, 3.05) is 39.3 Å². The number of piperidine rings is 3. The van der Waals surface area contributed by atoms with Crippen LogP contribution in [0.25, 0.3) is 0 Å². The van der Waals surface area contributed by atoms with Crippen LogP contribution < -0.4 is 28.4 Å². The molecule has 3 spiro atoms. The number of hydrogen-bond acceptors (Lipinski definition) is 18. The molecule has 9 aliphatic carbocycles. The molecule has 6 heterocycles. The average Bonchev–Trinajstić information content (AvgIpc) is 1.34. The fraction of sp³-hybridized carbons (Fsp3) is 0.625. The number of carbonyl (C=O) groups is 3. The van der Waals surface area contributed by atoms with Gasteiger partial charge >= 0.3 is 17.9 Å². The van der Waals surface area contributed by atoms with Crippen LogP contribution in [-0.4, -0.2) is 174 Å². The number of likely N-dealkylation sites (tertiary alicyclic amines) is 3. The number of aliphatic hydroxyl groups is 6. The topological polar surface area (TPSA) is 238 Å². The molecule has 474 valence electrons. The summed E-state index contributed by atoms with van der Waals surface area (Å²) in [6, 6.07) is 14.3. The minimum atomic E-state index is -1.20. The van der Waals surface area contributed by atoms with Crippen molar-refractivity contribution in [3.05, 3.63) is 105 Å². The van der Waals surface area contributed by atoms with Gasteiger partial charge in [-0.15, -0.1) is 0 Å². The SMILES string of the molecule is O=C(Oc1ccc2c3c1O[C@H]1[C@@H](O)CC[C@@]4(O)[C@@H](C2)N(CC2CCC2)CC[C@]314)c1cc(C(=O)Oc2ccc3c4c2O[C@H]2[C@@H](O)CC[C@@]5(O)[C@@H](C3)N(CC3CCC3)CC[C@]425)cc(C(=O)Oc2ccc3c4c2O[C@H]2[C@@H](O)CC[C@@]5(O)[C@@H](C3)N(CC3CCC3)CC[C@]425)c1. The zero-order valence-electron chi connectivity index (χ0n) is 50.9. The van der Waals surface area contributed by atoms with Crippen molar-refractivity contribution >= 4 is 17.9 Å². The number of esters is 3. The molecule has 15 aliphatic rings. The number of ether oxygens (including phenoxy) is 6. The first-order valence-corrected chi connectivity index (χ1v) is 34.3. The van der Waals surface area contributed by atoms with Gasteiger partial charge in [-0.3, -0.25) is 14.7 Å². The Morgan fingerprint density at radius 1 is 0.422 bits per heavy atom. The lowest BCUT2D eigenvalue weighted by Crippen LogP contribution is -2.77. The molecule has 90 heavy (non-hydrogen) atoms. The molecule has 6 bridgehead atoms. The van der Waals surface area contributed by atoms with E-state index in [0.29, 0.717) is 112 Å². The van der Waals surface area contributed by atoms with Crippen LogP contribution in [0.4, 0.5) is 0 Å². The van der Waals surface area contributed by atoms with Gasteiger partial charge in [-0.25, -0.2) is 14.4 Å². The van der Waals surface area contributed by atoms with Crippen LogP contribution in [0.15, 0.2) is 54.6 Å². The second-order valence-corrected chi connectivity index (χ2v) is 30.7. The number of benzene rings is 4. The number of carbonyl (C=O) groups excluding carboxylic acids is 3. The maximum atomic E-state index is 15.1. The Balaban J connectivity index is 0.677. The van der Waals surface area contributed by atoms with E-state index in [1.165, 1.54) is 76.0 Å². The Hall–Kier alpha value is -5.67. The van der Waals surface area contributed by atoms with E-state index in [-0.39, 0.29) is 52.1 Å². The summed E-state index contributed by atoms with van der Waals surface area (Å²) in [6.07, 6.45) is 11.5. The maximum Gasteiger partial charge on any atom is 0.343 e. The van der Waals surface area contributed by atoms with Crippen LogP contribution >= 0.6 is 0 Å². The van der Waals surface area contributed by atoms with Crippen molar-refractivity contribution in [3.8, 4) is 34.5 Å². The van der Waals surface area contributed by atoms with Crippen molar-refractivity contribution in [2.24, 2.45) is 17.8 Å². The Morgan fingerprint density at radius 2 is 0.711 bits per heavy atom. The monoisotopic (exact) mass is 1230 g/mol. The fourth-order valence-electron chi connectivity index (χ4n) is 22.2. The van der Waals surface area contributed by atoms with Gasteiger partial charge in [0.2, 0.25) is 0 Å². The van der Waals surface area contributed by atoms with Crippen LogP contribution in [-0.2, 0) is 35.5 Å². The van der Waals surface area contributed by atoms with E-state index in [1.54, 1.807) is 18.2 Å². The molecule has 0 unspecified atom stereocenters. The minimum Gasteiger partial charge on any atom is -0.482 e. The van der Waals surface area contributed by atoms with Crippen molar-refractivity contribution in [3.63, 3.8) is 0 Å². The average molecular weight is 1230 g/mol. The summed E-state index contributed by atoms with van der Waals surface area (Å²) in [6.45, 7) is 4.96. The third-order valence-electron chi connectivity index (χ3n) is 27.0. The lowest BCUT2D eigenvalue weighted by Gasteiger charge is -2.64. The first kappa shape index (κ1) is 55.9. The van der Waals surface area contributed by atoms with Gasteiger partial charge in [-0.2, -0.15) is 0 Å². The number of hydrogen-bond donors (Lipinski definition) is 6. The van der Waals surface area contributed by atoms with Gasteiger partial charge in [0.15, 0.2) is 34.5 Å². The Bertz CT molecular complexity index is 3380. The molecule has 18 nitrogen and oxygen atoms in total. The predicted octanol–water partition coefficient (Wildman–Crippen LogP) is 6.29. The summed E-state index contributed by atoms with van der Waals surface area (Å²) in [4.78, 5) is 52.8. The van der Waals surface area contributed by atoms with Crippen molar-refractivity contribution in [2.45, 2.75) is 223 Å². The van der Waals surface area contributed by atoms with E-state index >= 15 is 14.4 Å². The van der Waals surface area contributed by atoms with E-state index < -0.39 is 87.6 Å². The number of aliphatic hydroxyl groups excluding tert-OH is 3. The molecule has 6 aliphatic heterocycles. The molecule has 15 atom stereocenters. The minimum absolute atomic E-state index is 0.0752. The Kier molecular flexibility index (Phi) is 12.0. The molecule has 18 heteroatoms. The van der Waals surface area contributed by atoms with E-state index in [0.717, 1.165) is 72.6 Å². The number of nitrogens with zero attached hydrogens (tertiary/aromatic N) is 3. The summed E-state index contributed by atoms with van der Waals surface area (Å²) in [5.41, 5.74) is -1.75. The van der Waals surface area contributed by atoms with Gasteiger partial charge in [-0.1, -0.05) is 37.5 Å². The molecule has 9 fully saturated rings. The van der Waals surface area contributed by atoms with Crippen LogP contribution in [0.2, 0.25) is 0 Å². The van der Waals surface area contributed by atoms with Crippen molar-refractivity contribution < 1.29 is 73.4 Å². The normalized spacial score (nSPS) is 39.5. The molecule has 6 saturated carbocycles. The molecule has 6 N–H and O–H groups in total. The summed E-state index contributed by atoms with van der Waals surface area (Å²) in [5.74, 6) is 0.122. The molecule has 0 amide bonds. The molecular formula is C72H81N3O15. The smallest absolute Gasteiger partial charge is 0.343 e. The molecule has 3 saturated heterocycles. The summed E-state index contributed by atoms with van der Waals surface area (Å²) in [5, 5.41) is 74.6. The zero-order chi connectivity index (χ0) is 60.8. The molecule has 19 rings (SSSR count). The molecular weight excluding hydrogens is 1150 g/mol. The molecule has 4 aromatic rings. The van der Waals surface area contributed by atoms with Crippen LogP contribution in [0, 0.1) is 17.8 Å². The second kappa shape index (κ2) is 19.2. The van der Waals surface area contributed by atoms with Crippen molar-refractivity contribution in [1.29, 1.82) is 0 Å². The number of rotatable bonds is 12. The standard InChI is InChI=1S/C72H81N3O15/c76-46-16-19-70(82)52-31-40-10-13-49(58-55(40)67(70,61(46)88-58)22-25-73(52)34-37-4-1-5-37)85-64(79)43-28-44(65(80)86-50-14-11-41-32-53-71(83)20-17-47(77)62-68(71,56(41)59(50)89-62)23-26-74(53)35-38-6-2-7-38)30-45(29-43)66(81)87-51-15-12-42-33-54-72(84)21-18-48(78)63-69(72,57(42)60(51)90-63)24-27-75(54)36-39-8-3-9-39/h10-15,28-30,37-39,46-48,52-54,61-63,76-78,82-84H,1-9,16-27,31-36H2/t46-,47-,48-,52+,53+,54+,61-,62-,63-,67-,68-,69-,70+,71+,72+/m0/s1. The van der Waals surface area contributed by atoms with E-state index in [2.05, 4.69) is 14.7 Å². The van der Waals surface area contributed by atoms with Gasteiger partial charge in [-0.05, 0) is 206 Å². The predicted molar refractivity (Wildman–Crippen MR) is 323 cm³/mol. The van der Waals surface area contributed by atoms with Gasteiger partial charge in [0.25, 0.3) is 0 Å². The van der Waals surface area contributed by atoms with Crippen LogP contribution in [0.3, 0.4) is 0 Å². The van der Waals surface area contributed by atoms with E-state index in [4.69, 9.17) is 28.4 Å². The first-order valence-electron chi connectivity index (χ1n) is 34.3. The van der Waals surface area contributed by atoms with Gasteiger partial charge in [0, 0.05) is 54.5 Å². The largest absolute Gasteiger partial charge is 0.482 e. The Morgan fingerprint density at radius 3 is 0.978 bits per heavy atom.